The lowest BCUT2D eigenvalue weighted by Crippen LogP contribution is -2.58. The topological polar surface area (TPSA) is 137 Å². The Labute approximate surface area is 212 Å². The predicted molar refractivity (Wildman–Crippen MR) is 137 cm³/mol. The van der Waals surface area contributed by atoms with E-state index in [4.69, 9.17) is 0 Å². The molecule has 3 aromatic carbocycles. The van der Waals surface area contributed by atoms with Crippen LogP contribution in [0.15, 0.2) is 77.9 Å². The minimum Gasteiger partial charge on any atom is -0.322 e. The van der Waals surface area contributed by atoms with Crippen molar-refractivity contribution in [3.8, 4) is 0 Å². The minimum atomic E-state index is -1.40. The molecule has 0 bridgehead atoms. The van der Waals surface area contributed by atoms with Crippen molar-refractivity contribution in [2.75, 3.05) is 10.2 Å². The van der Waals surface area contributed by atoms with Crippen molar-refractivity contribution in [3.05, 3.63) is 95.1 Å². The van der Waals surface area contributed by atoms with E-state index >= 15 is 0 Å². The van der Waals surface area contributed by atoms with Gasteiger partial charge in [-0.1, -0.05) is 35.4 Å². The number of nitrogens with one attached hydrogen (secondary N) is 3. The molecular weight excluding hydrogens is 474 g/mol. The molecule has 1 atom stereocenters. The van der Waals surface area contributed by atoms with Crippen LogP contribution >= 0.6 is 0 Å². The summed E-state index contributed by atoms with van der Waals surface area (Å²) >= 11 is 0. The maximum absolute atomic E-state index is 12.8. The molecule has 0 unspecified atom stereocenters. The van der Waals surface area contributed by atoms with Crippen molar-refractivity contribution in [1.82, 2.24) is 10.7 Å². The van der Waals surface area contributed by atoms with Crippen LogP contribution in [-0.2, 0) is 9.59 Å². The van der Waals surface area contributed by atoms with Gasteiger partial charge in [-0.25, -0.2) is 15.1 Å². The number of imide groups is 2. The maximum atomic E-state index is 12.8. The summed E-state index contributed by atoms with van der Waals surface area (Å²) in [6, 6.07) is 19.0. The molecule has 1 aliphatic heterocycles. The SMILES string of the molecule is Cc1ccc(C(=O)Nc2ccc(C(=O)N/N=C\[C@@H]3C(=O)NC(=O)N(c4ccc(C)cc4)C3=O)cc2)cc1. The van der Waals surface area contributed by atoms with E-state index in [1.807, 2.05) is 26.0 Å². The van der Waals surface area contributed by atoms with E-state index < -0.39 is 29.7 Å². The number of hydrazone groups is 1. The standard InChI is InChI=1S/C27H23N5O5/c1-16-3-7-18(8-4-16)23(33)29-20-11-9-19(10-12-20)24(34)31-28-15-22-25(35)30-27(37)32(26(22)36)21-13-5-17(2)6-14-21/h3-15,22H,1-2H3,(H,29,33)(H,31,34)(H,30,35,37)/b28-15-/t22-/m1/s1. The minimum absolute atomic E-state index is 0.237. The number of nitrogens with zero attached hydrogens (tertiary/aromatic N) is 2. The third-order valence-corrected chi connectivity index (χ3v) is 5.60. The van der Waals surface area contributed by atoms with E-state index in [1.165, 1.54) is 12.1 Å². The lowest BCUT2D eigenvalue weighted by atomic mass is 10.1. The predicted octanol–water partition coefficient (Wildman–Crippen LogP) is 3.17. The highest BCUT2D eigenvalue weighted by molar-refractivity contribution is 6.32. The first-order chi connectivity index (χ1) is 17.7. The summed E-state index contributed by atoms with van der Waals surface area (Å²) in [6.07, 6.45) is 0.972. The molecule has 0 spiro atoms. The largest absolute Gasteiger partial charge is 0.335 e. The van der Waals surface area contributed by atoms with Gasteiger partial charge in [-0.2, -0.15) is 5.10 Å². The van der Waals surface area contributed by atoms with Gasteiger partial charge in [0.1, 0.15) is 0 Å². The van der Waals surface area contributed by atoms with E-state index in [0.29, 0.717) is 16.9 Å². The van der Waals surface area contributed by atoms with Crippen LogP contribution in [0.4, 0.5) is 16.2 Å². The molecule has 3 aromatic rings. The molecule has 37 heavy (non-hydrogen) atoms. The molecule has 1 heterocycles. The maximum Gasteiger partial charge on any atom is 0.335 e. The molecule has 0 aromatic heterocycles. The third-order valence-electron chi connectivity index (χ3n) is 5.60. The average molecular weight is 498 g/mol. The zero-order valence-electron chi connectivity index (χ0n) is 20.0. The summed E-state index contributed by atoms with van der Waals surface area (Å²) in [5.74, 6) is -3.91. The van der Waals surface area contributed by atoms with Crippen molar-refractivity contribution in [2.45, 2.75) is 13.8 Å². The lowest BCUT2D eigenvalue weighted by Gasteiger charge is -2.28. The molecule has 3 N–H and O–H groups in total. The van der Waals surface area contributed by atoms with Gasteiger partial charge in [-0.15, -0.1) is 0 Å². The highest BCUT2D eigenvalue weighted by Gasteiger charge is 2.40. The van der Waals surface area contributed by atoms with Crippen LogP contribution in [0.3, 0.4) is 0 Å². The van der Waals surface area contributed by atoms with Gasteiger partial charge in [-0.3, -0.25) is 24.5 Å². The summed E-state index contributed by atoms with van der Waals surface area (Å²) in [5, 5.41) is 8.61. The second-order valence-electron chi connectivity index (χ2n) is 8.40. The molecule has 4 rings (SSSR count). The van der Waals surface area contributed by atoms with Crippen LogP contribution in [-0.4, -0.2) is 35.9 Å². The van der Waals surface area contributed by atoms with E-state index in [0.717, 1.165) is 22.2 Å². The second kappa shape index (κ2) is 10.6. The van der Waals surface area contributed by atoms with Crippen molar-refractivity contribution >= 4 is 47.2 Å². The smallest absolute Gasteiger partial charge is 0.322 e. The zero-order chi connectivity index (χ0) is 26.5. The molecule has 0 radical (unpaired) electrons. The number of anilines is 2. The fourth-order valence-corrected chi connectivity index (χ4v) is 3.51. The molecule has 6 amide bonds. The van der Waals surface area contributed by atoms with Gasteiger partial charge in [0.25, 0.3) is 17.7 Å². The van der Waals surface area contributed by atoms with E-state index in [-0.39, 0.29) is 11.5 Å². The Bertz CT molecular complexity index is 1400. The Hall–Kier alpha value is -5.12. The molecule has 186 valence electrons. The summed E-state index contributed by atoms with van der Waals surface area (Å²) in [6.45, 7) is 3.79. The number of carbonyl (C=O) groups excluding carboxylic acids is 5. The summed E-state index contributed by atoms with van der Waals surface area (Å²) in [7, 11) is 0. The Morgan fingerprint density at radius 2 is 1.35 bits per heavy atom. The van der Waals surface area contributed by atoms with Crippen molar-refractivity contribution < 1.29 is 24.0 Å². The number of amides is 6. The first kappa shape index (κ1) is 25.0. The number of urea groups is 1. The normalized spacial score (nSPS) is 15.5. The Morgan fingerprint density at radius 3 is 1.97 bits per heavy atom. The summed E-state index contributed by atoms with van der Waals surface area (Å²) in [4.78, 5) is 62.9. The van der Waals surface area contributed by atoms with Crippen LogP contribution in [0, 0.1) is 19.8 Å². The fraction of sp³-hybridized carbons (Fsp3) is 0.111. The Balaban J connectivity index is 1.37. The van der Waals surface area contributed by atoms with Gasteiger partial charge < -0.3 is 5.32 Å². The zero-order valence-corrected chi connectivity index (χ0v) is 20.0. The highest BCUT2D eigenvalue weighted by atomic mass is 16.2. The molecule has 10 heteroatoms. The monoisotopic (exact) mass is 497 g/mol. The first-order valence-electron chi connectivity index (χ1n) is 11.3. The first-order valence-corrected chi connectivity index (χ1v) is 11.3. The van der Waals surface area contributed by atoms with Gasteiger partial charge in [0.15, 0.2) is 5.92 Å². The summed E-state index contributed by atoms with van der Waals surface area (Å²) in [5.41, 5.74) is 5.78. The van der Waals surface area contributed by atoms with Crippen molar-refractivity contribution in [1.29, 1.82) is 0 Å². The number of rotatable bonds is 6. The molecular formula is C27H23N5O5. The van der Waals surface area contributed by atoms with E-state index in [1.54, 1.807) is 48.5 Å². The van der Waals surface area contributed by atoms with Crippen LogP contribution in [0.1, 0.15) is 31.8 Å². The van der Waals surface area contributed by atoms with Gasteiger partial charge in [0, 0.05) is 23.0 Å². The number of benzene rings is 3. The number of hydrogen-bond acceptors (Lipinski definition) is 6. The lowest BCUT2D eigenvalue weighted by molar-refractivity contribution is -0.131. The van der Waals surface area contributed by atoms with Crippen LogP contribution in [0.5, 0.6) is 0 Å². The van der Waals surface area contributed by atoms with Gasteiger partial charge in [0.05, 0.1) is 5.69 Å². The fourth-order valence-electron chi connectivity index (χ4n) is 3.51. The number of hydrogen-bond donors (Lipinski definition) is 3. The quantitative estimate of drug-likeness (QED) is 0.273. The van der Waals surface area contributed by atoms with Gasteiger partial charge in [0.2, 0.25) is 5.91 Å². The van der Waals surface area contributed by atoms with E-state index in [9.17, 15) is 24.0 Å². The third kappa shape index (κ3) is 5.76. The van der Waals surface area contributed by atoms with Gasteiger partial charge in [-0.05, 0) is 62.4 Å². The molecule has 0 saturated carbocycles. The number of aryl methyl sites for hydroxylation is 2. The van der Waals surface area contributed by atoms with Gasteiger partial charge >= 0.3 is 6.03 Å². The average Bonchev–Trinajstić information content (AvgIpc) is 2.87. The van der Waals surface area contributed by atoms with Crippen molar-refractivity contribution in [2.24, 2.45) is 11.0 Å². The van der Waals surface area contributed by atoms with Crippen molar-refractivity contribution in [3.63, 3.8) is 0 Å². The van der Waals surface area contributed by atoms with Crippen LogP contribution in [0.25, 0.3) is 0 Å². The molecule has 1 aliphatic rings. The molecule has 1 fully saturated rings. The molecule has 0 aliphatic carbocycles. The van der Waals surface area contributed by atoms with E-state index in [2.05, 4.69) is 21.2 Å². The second-order valence-corrected chi connectivity index (χ2v) is 8.40. The summed E-state index contributed by atoms with van der Waals surface area (Å²) < 4.78 is 0. The van der Waals surface area contributed by atoms with Crippen LogP contribution < -0.4 is 21.0 Å². The number of carbonyl (C=O) groups is 5. The Kier molecular flexibility index (Phi) is 7.19. The molecule has 1 saturated heterocycles. The number of barbiturate groups is 1. The Morgan fingerprint density at radius 1 is 0.811 bits per heavy atom. The molecule has 10 nitrogen and oxygen atoms in total. The van der Waals surface area contributed by atoms with Crippen LogP contribution in [0.2, 0.25) is 0 Å². The highest BCUT2D eigenvalue weighted by Crippen LogP contribution is 2.20.